The highest BCUT2D eigenvalue weighted by molar-refractivity contribution is 7.47. The van der Waals surface area contributed by atoms with Gasteiger partial charge in [0, 0.05) is 14.2 Å². The van der Waals surface area contributed by atoms with Crippen LogP contribution in [-0.4, -0.2) is 24.3 Å². The SMILES string of the molecule is CCCCCCC(P)(CCCCCC)CCCCCC.COP(=O)(O)OC. The second-order valence-corrected chi connectivity index (χ2v) is 10.5. The average Bonchev–Trinajstić information content (AvgIpc) is 2.67. The Labute approximate surface area is 172 Å². The number of unbranched alkanes of at least 4 members (excludes halogenated alkanes) is 9. The van der Waals surface area contributed by atoms with Gasteiger partial charge in [-0.1, -0.05) is 97.8 Å². The zero-order valence-corrected chi connectivity index (χ0v) is 20.9. The summed E-state index contributed by atoms with van der Waals surface area (Å²) >= 11 is 0. The van der Waals surface area contributed by atoms with E-state index in [0.29, 0.717) is 5.16 Å². The minimum absolute atomic E-state index is 0.565. The van der Waals surface area contributed by atoms with E-state index in [9.17, 15) is 4.57 Å². The van der Waals surface area contributed by atoms with Crippen molar-refractivity contribution in [1.82, 2.24) is 0 Å². The second-order valence-electron chi connectivity index (χ2n) is 7.63. The maximum Gasteiger partial charge on any atom is 0.471 e. The Hall–Kier alpha value is 0.540. The highest BCUT2D eigenvalue weighted by Crippen LogP contribution is 2.40. The Balaban J connectivity index is 0. The van der Waals surface area contributed by atoms with E-state index < -0.39 is 7.82 Å². The van der Waals surface area contributed by atoms with Gasteiger partial charge in [-0.15, -0.1) is 9.24 Å². The summed E-state index contributed by atoms with van der Waals surface area (Å²) in [5.41, 5.74) is 0. The van der Waals surface area contributed by atoms with Gasteiger partial charge in [-0.2, -0.15) is 0 Å². The van der Waals surface area contributed by atoms with Gasteiger partial charge in [0.05, 0.1) is 0 Å². The minimum Gasteiger partial charge on any atom is -0.303 e. The van der Waals surface area contributed by atoms with Gasteiger partial charge in [-0.05, 0) is 24.4 Å². The first-order chi connectivity index (χ1) is 12.8. The zero-order valence-electron chi connectivity index (χ0n) is 18.8. The fraction of sp³-hybridized carbons (Fsp3) is 1.00. The van der Waals surface area contributed by atoms with Crippen LogP contribution >= 0.6 is 17.1 Å². The summed E-state index contributed by atoms with van der Waals surface area (Å²) in [5, 5.41) is 0.565. The highest BCUT2D eigenvalue weighted by atomic mass is 31.2. The number of hydrogen-bond acceptors (Lipinski definition) is 3. The molecule has 0 saturated heterocycles. The summed E-state index contributed by atoms with van der Waals surface area (Å²) in [6.45, 7) is 6.93. The molecule has 1 unspecified atom stereocenters. The molecule has 1 N–H and O–H groups in total. The van der Waals surface area contributed by atoms with Crippen molar-refractivity contribution >= 4 is 17.1 Å². The second kappa shape index (κ2) is 19.8. The summed E-state index contributed by atoms with van der Waals surface area (Å²) in [4.78, 5) is 8.24. The van der Waals surface area contributed by atoms with Crippen molar-refractivity contribution in [3.05, 3.63) is 0 Å². The van der Waals surface area contributed by atoms with Crippen molar-refractivity contribution in [2.45, 2.75) is 122 Å². The Morgan fingerprint density at radius 1 is 0.704 bits per heavy atom. The monoisotopic (exact) mass is 426 g/mol. The molecule has 0 aromatic rings. The lowest BCUT2D eigenvalue weighted by Gasteiger charge is -2.30. The van der Waals surface area contributed by atoms with E-state index >= 15 is 0 Å². The molecule has 0 aromatic heterocycles. The number of phosphoric acid groups is 1. The first-order valence-corrected chi connectivity index (χ1v) is 13.1. The first kappa shape index (κ1) is 29.7. The van der Waals surface area contributed by atoms with Crippen LogP contribution in [0.15, 0.2) is 0 Å². The number of hydrogen-bond donors (Lipinski definition) is 1. The fourth-order valence-corrected chi connectivity index (χ4v) is 3.92. The molecule has 166 valence electrons. The Morgan fingerprint density at radius 2 is 1.00 bits per heavy atom. The lowest BCUT2D eigenvalue weighted by atomic mass is 9.88. The van der Waals surface area contributed by atoms with Crippen LogP contribution in [0, 0.1) is 0 Å². The third-order valence-corrected chi connectivity index (χ3v) is 6.84. The molecule has 0 aliphatic carbocycles. The van der Waals surface area contributed by atoms with Gasteiger partial charge in [-0.3, -0.25) is 9.05 Å². The molecule has 0 saturated carbocycles. The van der Waals surface area contributed by atoms with Crippen molar-refractivity contribution in [2.75, 3.05) is 14.2 Å². The lowest BCUT2D eigenvalue weighted by molar-refractivity contribution is 0.204. The van der Waals surface area contributed by atoms with Crippen LogP contribution < -0.4 is 0 Å². The number of phosphoric ester groups is 1. The molecule has 0 spiro atoms. The Kier molecular flexibility index (Phi) is 21.9. The van der Waals surface area contributed by atoms with Gasteiger partial charge in [0.15, 0.2) is 0 Å². The van der Waals surface area contributed by atoms with Gasteiger partial charge < -0.3 is 4.89 Å². The van der Waals surface area contributed by atoms with E-state index in [4.69, 9.17) is 4.89 Å². The summed E-state index contributed by atoms with van der Waals surface area (Å²) in [7, 11) is 1.82. The van der Waals surface area contributed by atoms with Crippen LogP contribution in [0.4, 0.5) is 0 Å². The molecule has 6 heteroatoms. The molecule has 0 rings (SSSR count). The molecule has 1 atom stereocenters. The molecule has 0 bridgehead atoms. The van der Waals surface area contributed by atoms with Crippen LogP contribution in [-0.2, 0) is 13.6 Å². The van der Waals surface area contributed by atoms with Crippen molar-refractivity contribution < 1.29 is 18.5 Å². The van der Waals surface area contributed by atoms with Crippen molar-refractivity contribution in [1.29, 1.82) is 0 Å². The maximum atomic E-state index is 10.1. The quantitative estimate of drug-likeness (QED) is 0.190. The van der Waals surface area contributed by atoms with Crippen LogP contribution in [0.5, 0.6) is 0 Å². The molecule has 0 aromatic carbocycles. The first-order valence-electron chi connectivity index (χ1n) is 11.0. The third kappa shape index (κ3) is 21.1. The van der Waals surface area contributed by atoms with Crippen LogP contribution in [0.2, 0.25) is 0 Å². The molecule has 0 fully saturated rings. The smallest absolute Gasteiger partial charge is 0.303 e. The van der Waals surface area contributed by atoms with E-state index in [2.05, 4.69) is 39.1 Å². The standard InChI is InChI=1S/C19H41P.C2H7O4P/c1-4-7-10-13-16-19(20,17-14-11-8-5-2)18-15-12-9-6-3;1-5-7(3,4)6-2/h4-18,20H2,1-3H3;1-2H3,(H,3,4). The van der Waals surface area contributed by atoms with E-state index in [1.165, 1.54) is 96.3 Å². The van der Waals surface area contributed by atoms with E-state index in [0.717, 1.165) is 14.2 Å². The highest BCUT2D eigenvalue weighted by Gasteiger charge is 2.22. The lowest BCUT2D eigenvalue weighted by Crippen LogP contribution is -2.20. The van der Waals surface area contributed by atoms with Crippen LogP contribution in [0.25, 0.3) is 0 Å². The van der Waals surface area contributed by atoms with E-state index in [-0.39, 0.29) is 0 Å². The summed E-state index contributed by atoms with van der Waals surface area (Å²) in [6.07, 6.45) is 21.3. The molecule has 0 aliphatic rings. The topological polar surface area (TPSA) is 55.8 Å². The van der Waals surface area contributed by atoms with E-state index in [1.807, 2.05) is 0 Å². The van der Waals surface area contributed by atoms with Crippen LogP contribution in [0.1, 0.15) is 117 Å². The van der Waals surface area contributed by atoms with Gasteiger partial charge in [0.25, 0.3) is 0 Å². The predicted molar refractivity (Wildman–Crippen MR) is 123 cm³/mol. The number of rotatable bonds is 17. The Bertz CT molecular complexity index is 312. The molecular weight excluding hydrogens is 378 g/mol. The predicted octanol–water partition coefficient (Wildman–Crippen LogP) is 7.89. The van der Waals surface area contributed by atoms with Gasteiger partial charge >= 0.3 is 7.82 Å². The van der Waals surface area contributed by atoms with Crippen molar-refractivity contribution in [2.24, 2.45) is 0 Å². The molecule has 4 nitrogen and oxygen atoms in total. The largest absolute Gasteiger partial charge is 0.471 e. The molecule has 0 aliphatic heterocycles. The van der Waals surface area contributed by atoms with E-state index in [1.54, 1.807) is 0 Å². The molecule has 27 heavy (non-hydrogen) atoms. The summed E-state index contributed by atoms with van der Waals surface area (Å²) in [5.74, 6) is 0. The minimum atomic E-state index is -3.65. The maximum absolute atomic E-state index is 10.1. The fourth-order valence-electron chi connectivity index (χ4n) is 3.16. The average molecular weight is 427 g/mol. The van der Waals surface area contributed by atoms with Crippen LogP contribution in [0.3, 0.4) is 0 Å². The molecule has 0 amide bonds. The molecular formula is C21H48O4P2. The third-order valence-electron chi connectivity index (χ3n) is 5.05. The van der Waals surface area contributed by atoms with Gasteiger partial charge in [0.2, 0.25) is 0 Å². The zero-order chi connectivity index (χ0) is 21.0. The molecule has 0 heterocycles. The Morgan fingerprint density at radius 3 is 1.19 bits per heavy atom. The van der Waals surface area contributed by atoms with Gasteiger partial charge in [0.1, 0.15) is 0 Å². The molecule has 0 radical (unpaired) electrons. The summed E-state index contributed by atoms with van der Waals surface area (Å²) in [6, 6.07) is 0. The van der Waals surface area contributed by atoms with Crippen molar-refractivity contribution in [3.8, 4) is 0 Å². The normalized spacial score (nSPS) is 12.0. The van der Waals surface area contributed by atoms with Gasteiger partial charge in [-0.25, -0.2) is 4.57 Å². The van der Waals surface area contributed by atoms with Crippen molar-refractivity contribution in [3.63, 3.8) is 0 Å². The summed E-state index contributed by atoms with van der Waals surface area (Å²) < 4.78 is 18.0.